The Hall–Kier alpha value is -0.810. The molecule has 0 aromatic rings. The number of amides is 1. The molecule has 1 aliphatic heterocycles. The molecule has 0 spiro atoms. The summed E-state index contributed by atoms with van der Waals surface area (Å²) in [5.74, 6) is 0. The van der Waals surface area contributed by atoms with Crippen LogP contribution in [0.3, 0.4) is 0 Å². The van der Waals surface area contributed by atoms with Gasteiger partial charge >= 0.3 is 6.09 Å². The third-order valence-corrected chi connectivity index (χ3v) is 2.16. The van der Waals surface area contributed by atoms with Crippen LogP contribution in [0.25, 0.3) is 0 Å². The van der Waals surface area contributed by atoms with Crippen LogP contribution in [0.15, 0.2) is 0 Å². The van der Waals surface area contributed by atoms with Gasteiger partial charge in [0.2, 0.25) is 0 Å². The van der Waals surface area contributed by atoms with Gasteiger partial charge in [0, 0.05) is 0 Å². The average molecular weight is 189 g/mol. The number of aliphatic hydroxyl groups excluding tert-OH is 1. The lowest BCUT2D eigenvalue weighted by Gasteiger charge is -2.35. The fourth-order valence-electron chi connectivity index (χ4n) is 1.41. The summed E-state index contributed by atoms with van der Waals surface area (Å²) >= 11 is 0. The monoisotopic (exact) mass is 189 g/mol. The van der Waals surface area contributed by atoms with Crippen molar-refractivity contribution in [3.63, 3.8) is 0 Å². The van der Waals surface area contributed by atoms with E-state index in [0.717, 1.165) is 6.42 Å². The standard InChI is InChI=1S/C8H15NO4/c1-2-6-3-9(8(11)12)4-7(5-10)13-6/h6-7,10H,2-5H2,1H3,(H,11,12)/t6-,7+/m1/s1. The molecule has 1 amide bonds. The Bertz CT molecular complexity index is 173. The molecule has 2 atom stereocenters. The molecule has 0 radical (unpaired) electrons. The van der Waals surface area contributed by atoms with Crippen LogP contribution in [0.4, 0.5) is 4.79 Å². The van der Waals surface area contributed by atoms with Crippen molar-refractivity contribution in [3.05, 3.63) is 0 Å². The first-order valence-electron chi connectivity index (χ1n) is 4.41. The summed E-state index contributed by atoms with van der Waals surface area (Å²) in [5.41, 5.74) is 0. The van der Waals surface area contributed by atoms with E-state index in [1.165, 1.54) is 4.90 Å². The van der Waals surface area contributed by atoms with Gasteiger partial charge < -0.3 is 19.8 Å². The lowest BCUT2D eigenvalue weighted by atomic mass is 10.2. The molecule has 0 aromatic carbocycles. The highest BCUT2D eigenvalue weighted by atomic mass is 16.5. The van der Waals surface area contributed by atoms with Crippen molar-refractivity contribution < 1.29 is 19.7 Å². The lowest BCUT2D eigenvalue weighted by molar-refractivity contribution is -0.0959. The molecule has 13 heavy (non-hydrogen) atoms. The van der Waals surface area contributed by atoms with Crippen LogP contribution >= 0.6 is 0 Å². The van der Waals surface area contributed by atoms with Crippen molar-refractivity contribution in [3.8, 4) is 0 Å². The Kier molecular flexibility index (Phi) is 3.50. The lowest BCUT2D eigenvalue weighted by Crippen LogP contribution is -2.50. The van der Waals surface area contributed by atoms with E-state index in [1.54, 1.807) is 0 Å². The van der Waals surface area contributed by atoms with Gasteiger partial charge in [-0.25, -0.2) is 4.79 Å². The molecule has 1 fully saturated rings. The maximum atomic E-state index is 10.7. The van der Waals surface area contributed by atoms with Gasteiger partial charge in [-0.15, -0.1) is 0 Å². The van der Waals surface area contributed by atoms with Crippen LogP contribution in [-0.2, 0) is 4.74 Å². The van der Waals surface area contributed by atoms with Crippen LogP contribution in [0, 0.1) is 0 Å². The first-order valence-corrected chi connectivity index (χ1v) is 4.41. The fraction of sp³-hybridized carbons (Fsp3) is 0.875. The summed E-state index contributed by atoms with van der Waals surface area (Å²) in [6.07, 6.45) is -0.627. The molecule has 5 nitrogen and oxygen atoms in total. The Morgan fingerprint density at radius 2 is 2.15 bits per heavy atom. The minimum absolute atomic E-state index is 0.0815. The second-order valence-corrected chi connectivity index (χ2v) is 3.16. The zero-order valence-corrected chi connectivity index (χ0v) is 7.64. The third kappa shape index (κ3) is 2.57. The van der Waals surface area contributed by atoms with Crippen molar-refractivity contribution in [1.82, 2.24) is 4.90 Å². The van der Waals surface area contributed by atoms with Gasteiger partial charge in [-0.05, 0) is 6.42 Å². The number of nitrogens with zero attached hydrogens (tertiary/aromatic N) is 1. The number of aliphatic hydroxyl groups is 1. The maximum Gasteiger partial charge on any atom is 0.407 e. The molecule has 1 aliphatic rings. The smallest absolute Gasteiger partial charge is 0.407 e. The van der Waals surface area contributed by atoms with Gasteiger partial charge in [-0.2, -0.15) is 0 Å². The van der Waals surface area contributed by atoms with E-state index in [1.807, 2.05) is 6.92 Å². The molecule has 76 valence electrons. The Labute approximate surface area is 76.9 Å². The predicted molar refractivity (Wildman–Crippen MR) is 45.6 cm³/mol. The Morgan fingerprint density at radius 3 is 2.62 bits per heavy atom. The van der Waals surface area contributed by atoms with E-state index in [2.05, 4.69) is 0 Å². The van der Waals surface area contributed by atoms with E-state index in [0.29, 0.717) is 6.54 Å². The topological polar surface area (TPSA) is 70.0 Å². The Balaban J connectivity index is 2.54. The normalized spacial score (nSPS) is 28.9. The van der Waals surface area contributed by atoms with Crippen LogP contribution in [0.1, 0.15) is 13.3 Å². The van der Waals surface area contributed by atoms with Crippen LogP contribution in [0.2, 0.25) is 0 Å². The number of hydrogen-bond acceptors (Lipinski definition) is 3. The van der Waals surface area contributed by atoms with Crippen molar-refractivity contribution in [2.45, 2.75) is 25.6 Å². The molecule has 0 aromatic heterocycles. The summed E-state index contributed by atoms with van der Waals surface area (Å²) in [4.78, 5) is 12.0. The molecular formula is C8H15NO4. The first-order chi connectivity index (χ1) is 6.17. The zero-order valence-electron chi connectivity index (χ0n) is 7.64. The van der Waals surface area contributed by atoms with E-state index >= 15 is 0 Å². The summed E-state index contributed by atoms with van der Waals surface area (Å²) in [5, 5.41) is 17.6. The van der Waals surface area contributed by atoms with Crippen LogP contribution in [0.5, 0.6) is 0 Å². The van der Waals surface area contributed by atoms with Crippen molar-refractivity contribution in [1.29, 1.82) is 0 Å². The largest absolute Gasteiger partial charge is 0.465 e. The molecule has 0 unspecified atom stereocenters. The Morgan fingerprint density at radius 1 is 1.54 bits per heavy atom. The number of carboxylic acid groups (broad SMARTS) is 1. The quantitative estimate of drug-likeness (QED) is 0.648. The second kappa shape index (κ2) is 4.43. The van der Waals surface area contributed by atoms with Crippen molar-refractivity contribution in [2.75, 3.05) is 19.7 Å². The van der Waals surface area contributed by atoms with E-state index in [9.17, 15) is 4.79 Å². The predicted octanol–water partition coefficient (Wildman–Crippen LogP) is 0.136. The highest BCUT2D eigenvalue weighted by Crippen LogP contribution is 2.13. The number of carbonyl (C=O) groups is 1. The minimum Gasteiger partial charge on any atom is -0.465 e. The van der Waals surface area contributed by atoms with Crippen molar-refractivity contribution >= 4 is 6.09 Å². The highest BCUT2D eigenvalue weighted by molar-refractivity contribution is 5.65. The van der Waals surface area contributed by atoms with Gasteiger partial charge in [-0.3, -0.25) is 0 Å². The number of morpholine rings is 1. The molecule has 2 N–H and O–H groups in total. The molecule has 1 rings (SSSR count). The molecular weight excluding hydrogens is 174 g/mol. The van der Waals surface area contributed by atoms with E-state index < -0.39 is 6.09 Å². The summed E-state index contributed by atoms with van der Waals surface area (Å²) < 4.78 is 5.41. The van der Waals surface area contributed by atoms with Gasteiger partial charge in [-0.1, -0.05) is 6.92 Å². The molecule has 1 saturated heterocycles. The van der Waals surface area contributed by atoms with Crippen LogP contribution < -0.4 is 0 Å². The van der Waals surface area contributed by atoms with E-state index in [4.69, 9.17) is 14.9 Å². The summed E-state index contributed by atoms with van der Waals surface area (Å²) in [6, 6.07) is 0. The number of ether oxygens (including phenoxy) is 1. The minimum atomic E-state index is -0.944. The molecule has 0 aliphatic carbocycles. The SMILES string of the molecule is CC[C@@H]1CN(C(=O)O)C[C@@H](CO)O1. The van der Waals surface area contributed by atoms with Gasteiger partial charge in [0.15, 0.2) is 0 Å². The third-order valence-electron chi connectivity index (χ3n) is 2.16. The summed E-state index contributed by atoms with van der Waals surface area (Å²) in [6.45, 7) is 2.48. The van der Waals surface area contributed by atoms with Gasteiger partial charge in [0.25, 0.3) is 0 Å². The zero-order chi connectivity index (χ0) is 9.84. The molecule has 5 heteroatoms. The maximum absolute atomic E-state index is 10.7. The van der Waals surface area contributed by atoms with Gasteiger partial charge in [0.05, 0.1) is 31.9 Å². The fourth-order valence-corrected chi connectivity index (χ4v) is 1.41. The second-order valence-electron chi connectivity index (χ2n) is 3.16. The van der Waals surface area contributed by atoms with Gasteiger partial charge in [0.1, 0.15) is 0 Å². The summed E-state index contributed by atoms with van der Waals surface area (Å²) in [7, 11) is 0. The molecule has 1 heterocycles. The van der Waals surface area contributed by atoms with Crippen molar-refractivity contribution in [2.24, 2.45) is 0 Å². The molecule has 0 saturated carbocycles. The molecule has 0 bridgehead atoms. The average Bonchev–Trinajstić information content (AvgIpc) is 2.16. The first kappa shape index (κ1) is 10.3. The number of hydrogen-bond donors (Lipinski definition) is 2. The highest BCUT2D eigenvalue weighted by Gasteiger charge is 2.28. The van der Waals surface area contributed by atoms with Crippen LogP contribution in [-0.4, -0.2) is 53.1 Å². The number of rotatable bonds is 2. The van der Waals surface area contributed by atoms with E-state index in [-0.39, 0.29) is 25.4 Å².